The van der Waals surface area contributed by atoms with Crippen LogP contribution >= 0.6 is 24.0 Å². The maximum absolute atomic E-state index is 5.09. The molecule has 1 atom stereocenters. The van der Waals surface area contributed by atoms with E-state index in [1.165, 1.54) is 25.9 Å². The van der Waals surface area contributed by atoms with Gasteiger partial charge in [-0.3, -0.25) is 9.89 Å². The second-order valence-electron chi connectivity index (χ2n) is 6.67. The predicted octanol–water partition coefficient (Wildman–Crippen LogP) is 2.56. The van der Waals surface area contributed by atoms with Crippen molar-refractivity contribution in [2.45, 2.75) is 46.6 Å². The van der Waals surface area contributed by atoms with Gasteiger partial charge in [0.15, 0.2) is 5.96 Å². The zero-order valence-corrected chi connectivity index (χ0v) is 17.9. The van der Waals surface area contributed by atoms with Crippen LogP contribution in [0, 0.1) is 11.8 Å². The quantitative estimate of drug-likeness (QED) is 0.264. The molecule has 1 heterocycles. The molecule has 0 aromatic rings. The molecule has 1 fully saturated rings. The first-order chi connectivity index (χ1) is 10.6. The van der Waals surface area contributed by atoms with Gasteiger partial charge in [0.25, 0.3) is 0 Å². The summed E-state index contributed by atoms with van der Waals surface area (Å²) in [4.78, 5) is 7.43. The molecule has 6 heteroatoms. The Morgan fingerprint density at radius 3 is 2.43 bits per heavy atom. The van der Waals surface area contributed by atoms with Crippen molar-refractivity contribution in [2.24, 2.45) is 16.8 Å². The van der Waals surface area contributed by atoms with Crippen LogP contribution in [-0.4, -0.2) is 63.3 Å². The highest BCUT2D eigenvalue weighted by molar-refractivity contribution is 14.0. The van der Waals surface area contributed by atoms with Crippen LogP contribution in [0.1, 0.15) is 40.5 Å². The standard InChI is InChI=1S/C17H36N4O.HI/c1-6-18-17(19-9-12-22-5)20-13-16(14(2)3)21-10-7-15(4)8-11-21;/h14-16H,6-13H2,1-5H3,(H2,18,19,20);1H. The summed E-state index contributed by atoms with van der Waals surface area (Å²) in [5.74, 6) is 2.40. The Bertz CT molecular complexity index is 318. The van der Waals surface area contributed by atoms with Gasteiger partial charge in [0, 0.05) is 26.2 Å². The van der Waals surface area contributed by atoms with Crippen molar-refractivity contribution in [3.8, 4) is 0 Å². The highest BCUT2D eigenvalue weighted by Gasteiger charge is 2.25. The minimum atomic E-state index is 0. The van der Waals surface area contributed by atoms with Gasteiger partial charge in [-0.05, 0) is 44.7 Å². The zero-order valence-electron chi connectivity index (χ0n) is 15.6. The molecular weight excluding hydrogens is 403 g/mol. The maximum atomic E-state index is 5.09. The molecule has 0 aromatic heterocycles. The Kier molecular flexibility index (Phi) is 13.2. The van der Waals surface area contributed by atoms with Crippen LogP contribution in [0.3, 0.4) is 0 Å². The first kappa shape index (κ1) is 22.9. The van der Waals surface area contributed by atoms with Gasteiger partial charge >= 0.3 is 0 Å². The molecule has 0 aliphatic carbocycles. The summed E-state index contributed by atoms with van der Waals surface area (Å²) in [5, 5.41) is 6.63. The lowest BCUT2D eigenvalue weighted by Crippen LogP contribution is -2.46. The van der Waals surface area contributed by atoms with E-state index in [1.54, 1.807) is 7.11 Å². The fraction of sp³-hybridized carbons (Fsp3) is 0.941. The Labute approximate surface area is 160 Å². The van der Waals surface area contributed by atoms with Gasteiger partial charge in [-0.15, -0.1) is 24.0 Å². The van der Waals surface area contributed by atoms with Crippen LogP contribution in [0.15, 0.2) is 4.99 Å². The van der Waals surface area contributed by atoms with Gasteiger partial charge < -0.3 is 15.4 Å². The Morgan fingerprint density at radius 1 is 1.26 bits per heavy atom. The number of piperidine rings is 1. The van der Waals surface area contributed by atoms with E-state index in [9.17, 15) is 0 Å². The number of hydrogen-bond donors (Lipinski definition) is 2. The average Bonchev–Trinajstić information content (AvgIpc) is 2.49. The normalized spacial score (nSPS) is 18.6. The molecule has 2 N–H and O–H groups in total. The van der Waals surface area contributed by atoms with Crippen LogP contribution in [-0.2, 0) is 4.74 Å². The van der Waals surface area contributed by atoms with E-state index < -0.39 is 0 Å². The van der Waals surface area contributed by atoms with Crippen LogP contribution in [0.5, 0.6) is 0 Å². The van der Waals surface area contributed by atoms with Gasteiger partial charge in [0.1, 0.15) is 0 Å². The Balaban J connectivity index is 0.00000484. The lowest BCUT2D eigenvalue weighted by molar-refractivity contribution is 0.113. The van der Waals surface area contributed by atoms with E-state index in [4.69, 9.17) is 9.73 Å². The van der Waals surface area contributed by atoms with Crippen LogP contribution < -0.4 is 10.6 Å². The first-order valence-electron chi connectivity index (χ1n) is 8.83. The van der Waals surface area contributed by atoms with Gasteiger partial charge in [0.05, 0.1) is 13.2 Å². The lowest BCUT2D eigenvalue weighted by Gasteiger charge is -2.38. The topological polar surface area (TPSA) is 48.9 Å². The monoisotopic (exact) mass is 440 g/mol. The van der Waals surface area contributed by atoms with Crippen LogP contribution in [0.4, 0.5) is 0 Å². The second-order valence-corrected chi connectivity index (χ2v) is 6.67. The van der Waals surface area contributed by atoms with Gasteiger partial charge in [-0.2, -0.15) is 0 Å². The summed E-state index contributed by atoms with van der Waals surface area (Å²) in [6, 6.07) is 0.533. The maximum Gasteiger partial charge on any atom is 0.191 e. The van der Waals surface area contributed by atoms with Crippen molar-refractivity contribution in [1.82, 2.24) is 15.5 Å². The molecule has 0 bridgehead atoms. The van der Waals surface area contributed by atoms with E-state index >= 15 is 0 Å². The molecule has 0 amide bonds. The molecule has 1 aliphatic heterocycles. The van der Waals surface area contributed by atoms with Gasteiger partial charge in [-0.1, -0.05) is 20.8 Å². The van der Waals surface area contributed by atoms with Crippen LogP contribution in [0.25, 0.3) is 0 Å². The minimum Gasteiger partial charge on any atom is -0.383 e. The molecule has 1 unspecified atom stereocenters. The SMILES string of the molecule is CCNC(=NCC(C(C)C)N1CCC(C)CC1)NCCOC.I. The molecule has 0 radical (unpaired) electrons. The number of hydrogen-bond acceptors (Lipinski definition) is 3. The largest absolute Gasteiger partial charge is 0.383 e. The lowest BCUT2D eigenvalue weighted by atomic mass is 9.94. The number of halogens is 1. The number of aliphatic imine (C=N–C) groups is 1. The van der Waals surface area contributed by atoms with Crippen molar-refractivity contribution < 1.29 is 4.74 Å². The van der Waals surface area contributed by atoms with Crippen molar-refractivity contribution in [1.29, 1.82) is 0 Å². The third-order valence-electron chi connectivity index (χ3n) is 4.44. The molecule has 138 valence electrons. The molecule has 1 rings (SSSR count). The fourth-order valence-electron chi connectivity index (χ4n) is 2.91. The molecule has 0 aromatic carbocycles. The summed E-state index contributed by atoms with van der Waals surface area (Å²) in [5.41, 5.74) is 0. The second kappa shape index (κ2) is 13.2. The summed E-state index contributed by atoms with van der Waals surface area (Å²) in [7, 11) is 1.72. The predicted molar refractivity (Wildman–Crippen MR) is 110 cm³/mol. The summed E-state index contributed by atoms with van der Waals surface area (Å²) in [6.45, 7) is 14.7. The number of rotatable bonds is 8. The first-order valence-corrected chi connectivity index (χ1v) is 8.83. The molecule has 0 saturated carbocycles. The van der Waals surface area contributed by atoms with E-state index in [2.05, 4.69) is 43.2 Å². The average molecular weight is 440 g/mol. The number of methoxy groups -OCH3 is 1. The smallest absolute Gasteiger partial charge is 0.191 e. The van der Waals surface area contributed by atoms with E-state index in [0.717, 1.165) is 31.5 Å². The van der Waals surface area contributed by atoms with Gasteiger partial charge in [-0.25, -0.2) is 0 Å². The minimum absolute atomic E-state index is 0. The molecular formula is C17H37IN4O. The highest BCUT2D eigenvalue weighted by atomic mass is 127. The van der Waals surface area contributed by atoms with Crippen molar-refractivity contribution in [3.05, 3.63) is 0 Å². The third kappa shape index (κ3) is 9.10. The number of guanidine groups is 1. The summed E-state index contributed by atoms with van der Waals surface area (Å²) >= 11 is 0. The number of nitrogens with one attached hydrogen (secondary N) is 2. The molecule has 23 heavy (non-hydrogen) atoms. The van der Waals surface area contributed by atoms with Crippen LogP contribution in [0.2, 0.25) is 0 Å². The van der Waals surface area contributed by atoms with E-state index in [1.807, 2.05) is 0 Å². The number of nitrogens with zero attached hydrogens (tertiary/aromatic N) is 2. The Hall–Kier alpha value is -0.0800. The van der Waals surface area contributed by atoms with Crippen molar-refractivity contribution in [2.75, 3.05) is 46.4 Å². The fourth-order valence-corrected chi connectivity index (χ4v) is 2.91. The van der Waals surface area contributed by atoms with Crippen molar-refractivity contribution in [3.63, 3.8) is 0 Å². The zero-order chi connectivity index (χ0) is 16.4. The summed E-state index contributed by atoms with van der Waals surface area (Å²) < 4.78 is 5.09. The molecule has 5 nitrogen and oxygen atoms in total. The molecule has 1 aliphatic rings. The van der Waals surface area contributed by atoms with Gasteiger partial charge in [0.2, 0.25) is 0 Å². The number of likely N-dealkylation sites (tertiary alicyclic amines) is 1. The Morgan fingerprint density at radius 2 is 1.91 bits per heavy atom. The van der Waals surface area contributed by atoms with E-state index in [-0.39, 0.29) is 24.0 Å². The summed E-state index contributed by atoms with van der Waals surface area (Å²) in [6.07, 6.45) is 2.64. The van der Waals surface area contributed by atoms with E-state index in [0.29, 0.717) is 18.6 Å². The number of ether oxygens (including phenoxy) is 1. The molecule has 0 spiro atoms. The molecule has 1 saturated heterocycles. The highest BCUT2D eigenvalue weighted by Crippen LogP contribution is 2.21. The van der Waals surface area contributed by atoms with Crippen molar-refractivity contribution >= 4 is 29.9 Å². The third-order valence-corrected chi connectivity index (χ3v) is 4.44.